The van der Waals surface area contributed by atoms with Crippen LogP contribution in [0.4, 0.5) is 13.2 Å². The highest BCUT2D eigenvalue weighted by molar-refractivity contribution is 5.26. The fourth-order valence-corrected chi connectivity index (χ4v) is 3.93. The Balaban J connectivity index is 1.72. The molecular formula is C23H33F3. The number of aryl methyl sites for hydroxylation is 1. The van der Waals surface area contributed by atoms with Crippen LogP contribution in [0.2, 0.25) is 0 Å². The molecule has 0 nitrogen and oxygen atoms in total. The molecule has 1 saturated carbocycles. The lowest BCUT2D eigenvalue weighted by Gasteiger charge is -2.27. The van der Waals surface area contributed by atoms with Gasteiger partial charge in [-0.3, -0.25) is 0 Å². The van der Waals surface area contributed by atoms with Crippen LogP contribution < -0.4 is 0 Å². The van der Waals surface area contributed by atoms with Crippen molar-refractivity contribution in [3.8, 4) is 0 Å². The maximum Gasteiger partial charge on any atom is 0.392 e. The van der Waals surface area contributed by atoms with Crippen LogP contribution in [0, 0.1) is 5.92 Å². The molecule has 1 aliphatic carbocycles. The van der Waals surface area contributed by atoms with Gasteiger partial charge in [-0.25, -0.2) is 0 Å². The van der Waals surface area contributed by atoms with Crippen molar-refractivity contribution in [2.75, 3.05) is 0 Å². The third-order valence-electron chi connectivity index (χ3n) is 5.55. The Bertz CT molecular complexity index is 519. The minimum atomic E-state index is -4.08. The van der Waals surface area contributed by atoms with Crippen molar-refractivity contribution in [3.05, 3.63) is 47.5 Å². The van der Waals surface area contributed by atoms with Gasteiger partial charge in [-0.1, -0.05) is 69.0 Å². The number of unbranched alkanes of at least 4 members (excludes halogenated alkanes) is 4. The van der Waals surface area contributed by atoms with Crippen LogP contribution in [-0.4, -0.2) is 6.18 Å². The van der Waals surface area contributed by atoms with E-state index >= 15 is 0 Å². The minimum Gasteiger partial charge on any atom is -0.171 e. The number of hydrogen-bond donors (Lipinski definition) is 0. The van der Waals surface area contributed by atoms with Crippen LogP contribution in [0.15, 0.2) is 36.4 Å². The molecule has 26 heavy (non-hydrogen) atoms. The molecule has 1 aromatic rings. The summed E-state index contributed by atoms with van der Waals surface area (Å²) in [5, 5.41) is 0. The molecule has 1 aromatic carbocycles. The summed E-state index contributed by atoms with van der Waals surface area (Å²) in [5.74, 6) is 0.886. The zero-order chi connectivity index (χ0) is 18.8. The number of benzene rings is 1. The van der Waals surface area contributed by atoms with E-state index < -0.39 is 12.6 Å². The molecular weight excluding hydrogens is 333 g/mol. The largest absolute Gasteiger partial charge is 0.392 e. The second-order valence-electron chi connectivity index (χ2n) is 7.76. The Kier molecular flexibility index (Phi) is 8.74. The van der Waals surface area contributed by atoms with Crippen molar-refractivity contribution in [2.24, 2.45) is 5.92 Å². The van der Waals surface area contributed by atoms with Gasteiger partial charge in [0.25, 0.3) is 0 Å². The quantitative estimate of drug-likeness (QED) is 0.307. The van der Waals surface area contributed by atoms with E-state index in [1.54, 1.807) is 6.08 Å². The zero-order valence-corrected chi connectivity index (χ0v) is 16.0. The first-order chi connectivity index (χ1) is 12.5. The van der Waals surface area contributed by atoms with Gasteiger partial charge in [-0.05, 0) is 61.5 Å². The van der Waals surface area contributed by atoms with Crippen molar-refractivity contribution in [1.29, 1.82) is 0 Å². The Morgan fingerprint density at radius 3 is 2.19 bits per heavy atom. The van der Waals surface area contributed by atoms with Gasteiger partial charge in [0.1, 0.15) is 0 Å². The molecule has 1 aliphatic rings. The summed E-state index contributed by atoms with van der Waals surface area (Å²) < 4.78 is 36.6. The summed E-state index contributed by atoms with van der Waals surface area (Å²) >= 11 is 0. The van der Waals surface area contributed by atoms with Crippen LogP contribution in [-0.2, 0) is 6.42 Å². The van der Waals surface area contributed by atoms with Gasteiger partial charge >= 0.3 is 6.18 Å². The monoisotopic (exact) mass is 366 g/mol. The first-order valence-corrected chi connectivity index (χ1v) is 10.3. The molecule has 2 rings (SSSR count). The van der Waals surface area contributed by atoms with Crippen LogP contribution >= 0.6 is 0 Å². The predicted octanol–water partition coefficient (Wildman–Crippen LogP) is 7.98. The van der Waals surface area contributed by atoms with Crippen LogP contribution in [0.25, 0.3) is 0 Å². The average Bonchev–Trinajstić information content (AvgIpc) is 2.62. The van der Waals surface area contributed by atoms with Gasteiger partial charge in [0, 0.05) is 0 Å². The van der Waals surface area contributed by atoms with Crippen LogP contribution in [0.1, 0.15) is 88.2 Å². The number of hydrogen-bond acceptors (Lipinski definition) is 0. The molecule has 1 fully saturated rings. The third kappa shape index (κ3) is 7.97. The highest BCUT2D eigenvalue weighted by Gasteiger charge is 2.25. The molecule has 0 amide bonds. The Morgan fingerprint density at radius 1 is 0.923 bits per heavy atom. The summed E-state index contributed by atoms with van der Waals surface area (Å²) in [6, 6.07) is 9.08. The van der Waals surface area contributed by atoms with Crippen LogP contribution in [0.3, 0.4) is 0 Å². The van der Waals surface area contributed by atoms with E-state index in [2.05, 4.69) is 31.2 Å². The highest BCUT2D eigenvalue weighted by atomic mass is 19.4. The van der Waals surface area contributed by atoms with Gasteiger partial charge in [-0.15, -0.1) is 0 Å². The number of allylic oxidation sites excluding steroid dienone is 2. The standard InChI is InChI=1S/C23H33F3/c1-2-3-4-5-6-8-19-10-14-21(15-11-19)22-16-12-20(13-17-22)9-7-18-23(24,25)26/h7,9-11,14-15,20,22H,2-6,8,12-13,16-18H2,1H3/b9-7+. The lowest BCUT2D eigenvalue weighted by molar-refractivity contribution is -0.125. The van der Waals surface area contributed by atoms with Crippen LogP contribution in [0.5, 0.6) is 0 Å². The number of alkyl halides is 3. The zero-order valence-electron chi connectivity index (χ0n) is 16.0. The van der Waals surface area contributed by atoms with E-state index in [0.717, 1.165) is 25.7 Å². The molecule has 0 heterocycles. The predicted molar refractivity (Wildman–Crippen MR) is 103 cm³/mol. The SMILES string of the molecule is CCCCCCCc1ccc(C2CCC(/C=C/CC(F)(F)F)CC2)cc1. The summed E-state index contributed by atoms with van der Waals surface area (Å²) in [7, 11) is 0. The van der Waals surface area contributed by atoms with E-state index in [1.165, 1.54) is 55.7 Å². The third-order valence-corrected chi connectivity index (χ3v) is 5.55. The van der Waals surface area contributed by atoms with Gasteiger partial charge in [0.05, 0.1) is 6.42 Å². The average molecular weight is 367 g/mol. The highest BCUT2D eigenvalue weighted by Crippen LogP contribution is 2.36. The van der Waals surface area contributed by atoms with E-state index in [9.17, 15) is 13.2 Å². The summed E-state index contributed by atoms with van der Waals surface area (Å²) in [6.45, 7) is 2.24. The minimum absolute atomic E-state index is 0.316. The number of halogens is 3. The summed E-state index contributed by atoms with van der Waals surface area (Å²) in [4.78, 5) is 0. The van der Waals surface area contributed by atoms with E-state index in [0.29, 0.717) is 11.8 Å². The molecule has 0 spiro atoms. The lowest BCUT2D eigenvalue weighted by atomic mass is 9.78. The Hall–Kier alpha value is -1.25. The summed E-state index contributed by atoms with van der Waals surface area (Å²) in [6.07, 6.45) is 10.1. The van der Waals surface area contributed by atoms with Gasteiger partial charge < -0.3 is 0 Å². The fraction of sp³-hybridized carbons (Fsp3) is 0.652. The van der Waals surface area contributed by atoms with E-state index in [4.69, 9.17) is 0 Å². The summed E-state index contributed by atoms with van der Waals surface area (Å²) in [5.41, 5.74) is 2.83. The molecule has 0 atom stereocenters. The van der Waals surface area contributed by atoms with Crippen molar-refractivity contribution < 1.29 is 13.2 Å². The molecule has 0 saturated heterocycles. The van der Waals surface area contributed by atoms with E-state index in [1.807, 2.05) is 0 Å². The normalized spacial score (nSPS) is 21.4. The second kappa shape index (κ2) is 10.8. The van der Waals surface area contributed by atoms with Crippen molar-refractivity contribution in [3.63, 3.8) is 0 Å². The van der Waals surface area contributed by atoms with Crippen molar-refractivity contribution in [2.45, 2.75) is 89.6 Å². The molecule has 0 aliphatic heterocycles. The smallest absolute Gasteiger partial charge is 0.171 e. The molecule has 0 unspecified atom stereocenters. The molecule has 3 heteroatoms. The topological polar surface area (TPSA) is 0 Å². The Labute approximate surface area is 156 Å². The lowest BCUT2D eigenvalue weighted by Crippen LogP contribution is -2.12. The van der Waals surface area contributed by atoms with E-state index in [-0.39, 0.29) is 0 Å². The van der Waals surface area contributed by atoms with Crippen molar-refractivity contribution >= 4 is 0 Å². The molecule has 146 valence electrons. The van der Waals surface area contributed by atoms with Gasteiger partial charge in [0.15, 0.2) is 0 Å². The Morgan fingerprint density at radius 2 is 1.58 bits per heavy atom. The molecule has 0 radical (unpaired) electrons. The van der Waals surface area contributed by atoms with Crippen molar-refractivity contribution in [1.82, 2.24) is 0 Å². The maximum absolute atomic E-state index is 12.2. The first-order valence-electron chi connectivity index (χ1n) is 10.3. The van der Waals surface area contributed by atoms with Gasteiger partial charge in [0.2, 0.25) is 0 Å². The molecule has 0 aromatic heterocycles. The molecule has 0 N–H and O–H groups in total. The fourth-order valence-electron chi connectivity index (χ4n) is 3.93. The first kappa shape index (κ1) is 21.1. The molecule has 0 bridgehead atoms. The number of rotatable bonds is 9. The maximum atomic E-state index is 12.2. The second-order valence-corrected chi connectivity index (χ2v) is 7.76. The van der Waals surface area contributed by atoms with Gasteiger partial charge in [-0.2, -0.15) is 13.2 Å².